The zero-order valence-electron chi connectivity index (χ0n) is 16.3. The van der Waals surface area contributed by atoms with Crippen molar-refractivity contribution in [3.05, 3.63) is 60.2 Å². The molecule has 2 aliphatic carbocycles. The van der Waals surface area contributed by atoms with Crippen molar-refractivity contribution < 1.29 is 19.1 Å². The van der Waals surface area contributed by atoms with Gasteiger partial charge in [-0.2, -0.15) is 0 Å². The molecule has 1 heterocycles. The van der Waals surface area contributed by atoms with Gasteiger partial charge in [-0.1, -0.05) is 42.5 Å². The number of hydrogen-bond acceptors (Lipinski definition) is 4. The maximum absolute atomic E-state index is 13.2. The van der Waals surface area contributed by atoms with Crippen LogP contribution in [0.25, 0.3) is 0 Å². The van der Waals surface area contributed by atoms with Gasteiger partial charge in [-0.15, -0.1) is 0 Å². The van der Waals surface area contributed by atoms with E-state index in [0.29, 0.717) is 28.8 Å². The fourth-order valence-electron chi connectivity index (χ4n) is 5.47. The van der Waals surface area contributed by atoms with Crippen LogP contribution in [0, 0.1) is 23.7 Å². The summed E-state index contributed by atoms with van der Waals surface area (Å²) in [6.07, 6.45) is 2.35. The summed E-state index contributed by atoms with van der Waals surface area (Å²) in [5, 5.41) is 0. The van der Waals surface area contributed by atoms with Gasteiger partial charge in [0.2, 0.25) is 17.6 Å². The smallest absolute Gasteiger partial charge is 0.238 e. The van der Waals surface area contributed by atoms with Crippen LogP contribution < -0.4 is 9.64 Å². The Balaban J connectivity index is 1.42. The van der Waals surface area contributed by atoms with E-state index in [1.165, 1.54) is 4.90 Å². The molecule has 5 atom stereocenters. The normalized spacial score (nSPS) is 28.5. The summed E-state index contributed by atoms with van der Waals surface area (Å²) >= 11 is 0. The third-order valence-electron chi connectivity index (χ3n) is 6.76. The van der Waals surface area contributed by atoms with Crippen LogP contribution in [0.2, 0.25) is 0 Å². The lowest BCUT2D eigenvalue weighted by Gasteiger charge is -2.22. The first-order valence-electron chi connectivity index (χ1n) is 10.3. The molecule has 5 heteroatoms. The van der Waals surface area contributed by atoms with Crippen molar-refractivity contribution in [2.45, 2.75) is 32.3 Å². The number of carbonyl (C=O) groups is 3. The van der Waals surface area contributed by atoms with Gasteiger partial charge in [-0.3, -0.25) is 14.4 Å². The van der Waals surface area contributed by atoms with Crippen molar-refractivity contribution in [1.29, 1.82) is 0 Å². The van der Waals surface area contributed by atoms with Crippen molar-refractivity contribution in [2.75, 3.05) is 4.90 Å². The SMILES string of the molecule is CC(Oc1ccccc1N1C(=O)C2C3CCC(C3)C2C1=O)C(=O)c1ccccc1. The molecule has 3 fully saturated rings. The summed E-state index contributed by atoms with van der Waals surface area (Å²) in [4.78, 5) is 40.3. The van der Waals surface area contributed by atoms with Gasteiger partial charge in [0.05, 0.1) is 17.5 Å². The maximum Gasteiger partial charge on any atom is 0.238 e. The summed E-state index contributed by atoms with van der Waals surface area (Å²) < 4.78 is 5.97. The summed E-state index contributed by atoms with van der Waals surface area (Å²) in [6.45, 7) is 1.69. The van der Waals surface area contributed by atoms with Gasteiger partial charge in [-0.05, 0) is 50.2 Å². The number of hydrogen-bond donors (Lipinski definition) is 0. The van der Waals surface area contributed by atoms with Gasteiger partial charge in [-0.25, -0.2) is 4.90 Å². The zero-order chi connectivity index (χ0) is 20.1. The number of nitrogens with zero attached hydrogens (tertiary/aromatic N) is 1. The number of amides is 2. The Morgan fingerprint density at radius 1 is 0.931 bits per heavy atom. The van der Waals surface area contributed by atoms with Crippen LogP contribution >= 0.6 is 0 Å². The number of carbonyl (C=O) groups excluding carboxylic acids is 3. The topological polar surface area (TPSA) is 63.7 Å². The second-order valence-corrected chi connectivity index (χ2v) is 8.35. The van der Waals surface area contributed by atoms with Gasteiger partial charge in [0.25, 0.3) is 0 Å². The van der Waals surface area contributed by atoms with E-state index in [1.807, 2.05) is 18.2 Å². The Bertz CT molecular complexity index is 957. The monoisotopic (exact) mass is 389 g/mol. The number of ketones is 1. The molecule has 2 amide bonds. The molecule has 2 aromatic carbocycles. The van der Waals surface area contributed by atoms with Crippen LogP contribution in [0.15, 0.2) is 54.6 Å². The van der Waals surface area contributed by atoms with Gasteiger partial charge >= 0.3 is 0 Å². The van der Waals surface area contributed by atoms with Crippen LogP contribution in [0.5, 0.6) is 5.75 Å². The molecule has 29 heavy (non-hydrogen) atoms. The van der Waals surface area contributed by atoms with Crippen molar-refractivity contribution in [3.63, 3.8) is 0 Å². The van der Waals surface area contributed by atoms with Crippen molar-refractivity contribution in [3.8, 4) is 5.75 Å². The molecule has 148 valence electrons. The van der Waals surface area contributed by atoms with Crippen LogP contribution in [0.1, 0.15) is 36.5 Å². The number of Topliss-reactive ketones (excluding diaryl/α,β-unsaturated/α-hetero) is 1. The van der Waals surface area contributed by atoms with Gasteiger partial charge in [0, 0.05) is 5.56 Å². The lowest BCUT2D eigenvalue weighted by molar-refractivity contribution is -0.123. The molecular weight excluding hydrogens is 366 g/mol. The number of rotatable bonds is 5. The lowest BCUT2D eigenvalue weighted by Crippen LogP contribution is -2.34. The number of imide groups is 1. The van der Waals surface area contributed by atoms with E-state index >= 15 is 0 Å². The van der Waals surface area contributed by atoms with Crippen molar-refractivity contribution in [2.24, 2.45) is 23.7 Å². The fourth-order valence-corrected chi connectivity index (χ4v) is 5.47. The van der Waals surface area contributed by atoms with Crippen LogP contribution in [0.3, 0.4) is 0 Å². The third-order valence-corrected chi connectivity index (χ3v) is 6.76. The van der Waals surface area contributed by atoms with E-state index in [2.05, 4.69) is 0 Å². The minimum absolute atomic E-state index is 0.106. The molecule has 2 saturated carbocycles. The standard InChI is InChI=1S/C24H23NO4/c1-14(22(26)15-7-3-2-4-8-15)29-19-10-6-5-9-18(19)25-23(27)20-16-11-12-17(13-16)21(20)24(25)28/h2-10,14,16-17,20-21H,11-13H2,1H3. The number of fused-ring (bicyclic) bond motifs is 5. The second kappa shape index (κ2) is 6.83. The highest BCUT2D eigenvalue weighted by molar-refractivity contribution is 6.23. The number of ether oxygens (including phenoxy) is 1. The highest BCUT2D eigenvalue weighted by Crippen LogP contribution is 2.57. The van der Waals surface area contributed by atoms with Gasteiger partial charge in [0.1, 0.15) is 5.75 Å². The first kappa shape index (κ1) is 18.1. The predicted molar refractivity (Wildman–Crippen MR) is 108 cm³/mol. The summed E-state index contributed by atoms with van der Waals surface area (Å²) in [5.41, 5.74) is 1.01. The summed E-state index contributed by atoms with van der Waals surface area (Å²) in [7, 11) is 0. The highest BCUT2D eigenvalue weighted by atomic mass is 16.5. The minimum atomic E-state index is -0.734. The highest BCUT2D eigenvalue weighted by Gasteiger charge is 2.61. The molecule has 1 saturated heterocycles. The van der Waals surface area contributed by atoms with Crippen LogP contribution in [-0.2, 0) is 9.59 Å². The molecule has 0 N–H and O–H groups in total. The first-order chi connectivity index (χ1) is 14.1. The quantitative estimate of drug-likeness (QED) is 0.575. The summed E-state index contributed by atoms with van der Waals surface area (Å²) in [6, 6.07) is 16.0. The predicted octanol–water partition coefficient (Wildman–Crippen LogP) is 3.87. The van der Waals surface area contributed by atoms with E-state index < -0.39 is 6.10 Å². The average molecular weight is 389 g/mol. The fraction of sp³-hybridized carbons (Fsp3) is 0.375. The van der Waals surface area contributed by atoms with Crippen LogP contribution in [0.4, 0.5) is 5.69 Å². The molecule has 2 bridgehead atoms. The second-order valence-electron chi connectivity index (χ2n) is 8.35. The Morgan fingerprint density at radius 3 is 2.17 bits per heavy atom. The Kier molecular flexibility index (Phi) is 4.26. The Morgan fingerprint density at radius 2 is 1.52 bits per heavy atom. The molecule has 5 unspecified atom stereocenters. The van der Waals surface area contributed by atoms with Crippen molar-refractivity contribution >= 4 is 23.3 Å². The lowest BCUT2D eigenvalue weighted by atomic mass is 9.81. The molecule has 3 aliphatic rings. The number of anilines is 1. The largest absolute Gasteiger partial charge is 0.480 e. The van der Waals surface area contributed by atoms with E-state index in [0.717, 1.165) is 19.3 Å². The van der Waals surface area contributed by atoms with Gasteiger partial charge in [0.15, 0.2) is 6.10 Å². The molecule has 1 aliphatic heterocycles. The Labute approximate surface area is 169 Å². The van der Waals surface area contributed by atoms with Crippen LogP contribution in [-0.4, -0.2) is 23.7 Å². The van der Waals surface area contributed by atoms with E-state index in [4.69, 9.17) is 4.74 Å². The minimum Gasteiger partial charge on any atom is -0.480 e. The number of para-hydroxylation sites is 2. The molecule has 0 spiro atoms. The molecular formula is C24H23NO4. The summed E-state index contributed by atoms with van der Waals surface area (Å²) in [5.74, 6) is 0.329. The number of benzene rings is 2. The molecule has 0 radical (unpaired) electrons. The molecule has 5 nitrogen and oxygen atoms in total. The molecule has 0 aromatic heterocycles. The maximum atomic E-state index is 13.2. The third kappa shape index (κ3) is 2.79. The zero-order valence-corrected chi connectivity index (χ0v) is 16.3. The van der Waals surface area contributed by atoms with E-state index in [-0.39, 0.29) is 29.4 Å². The van der Waals surface area contributed by atoms with E-state index in [1.54, 1.807) is 43.3 Å². The molecule has 5 rings (SSSR count). The van der Waals surface area contributed by atoms with E-state index in [9.17, 15) is 14.4 Å². The average Bonchev–Trinajstić information content (AvgIpc) is 3.42. The Hall–Kier alpha value is -2.95. The molecule has 2 aromatic rings. The first-order valence-corrected chi connectivity index (χ1v) is 10.3. The van der Waals surface area contributed by atoms with Gasteiger partial charge < -0.3 is 4.74 Å². The van der Waals surface area contributed by atoms with Crippen molar-refractivity contribution in [1.82, 2.24) is 0 Å².